The number of anilines is 1. The zero-order valence-corrected chi connectivity index (χ0v) is 10.5. The number of piperidine rings is 1. The molecule has 1 unspecified atom stereocenters. The van der Waals surface area contributed by atoms with Gasteiger partial charge < -0.3 is 9.64 Å². The maximum absolute atomic E-state index is 11.6. The van der Waals surface area contributed by atoms with E-state index in [0.29, 0.717) is 18.6 Å². The second-order valence-electron chi connectivity index (χ2n) is 4.45. The van der Waals surface area contributed by atoms with Gasteiger partial charge in [0.05, 0.1) is 0 Å². The number of nitrogens with one attached hydrogen (secondary N) is 1. The average molecular weight is 248 g/mol. The van der Waals surface area contributed by atoms with E-state index in [1.165, 1.54) is 0 Å². The van der Waals surface area contributed by atoms with E-state index in [4.69, 9.17) is 4.74 Å². The van der Waals surface area contributed by atoms with Crippen LogP contribution in [-0.4, -0.2) is 32.0 Å². The Balaban J connectivity index is 2.07. The molecule has 96 valence electrons. The molecule has 5 nitrogen and oxygen atoms in total. The second kappa shape index (κ2) is 5.08. The number of carbonyl (C=O) groups excluding carboxylic acids is 2. The first-order valence-electron chi connectivity index (χ1n) is 5.84. The van der Waals surface area contributed by atoms with Gasteiger partial charge in [0.2, 0.25) is 5.91 Å². The smallest absolute Gasteiger partial charge is 0.267 e. The predicted octanol–water partition coefficient (Wildman–Crippen LogP) is 0.937. The second-order valence-corrected chi connectivity index (χ2v) is 4.45. The lowest BCUT2D eigenvalue weighted by molar-refractivity contribution is -0.138. The Labute approximate surface area is 106 Å². The normalized spacial score (nSPS) is 19.3. The van der Waals surface area contributed by atoms with Crippen molar-refractivity contribution in [2.75, 3.05) is 19.0 Å². The van der Waals surface area contributed by atoms with Gasteiger partial charge in [-0.25, -0.2) is 0 Å². The summed E-state index contributed by atoms with van der Waals surface area (Å²) < 4.78 is 5.62. The number of carbonyl (C=O) groups is 2. The molecule has 0 aliphatic carbocycles. The first-order chi connectivity index (χ1) is 8.56. The highest BCUT2D eigenvalue weighted by molar-refractivity contribution is 5.99. The van der Waals surface area contributed by atoms with Crippen LogP contribution in [0.25, 0.3) is 0 Å². The van der Waals surface area contributed by atoms with Crippen LogP contribution in [0.1, 0.15) is 12.8 Å². The molecule has 5 heteroatoms. The average Bonchev–Trinajstić information content (AvgIpc) is 2.33. The third-order valence-corrected chi connectivity index (χ3v) is 2.80. The minimum atomic E-state index is -0.583. The third kappa shape index (κ3) is 2.80. The molecule has 2 amide bonds. The van der Waals surface area contributed by atoms with Crippen LogP contribution in [0.15, 0.2) is 24.3 Å². The van der Waals surface area contributed by atoms with E-state index in [2.05, 4.69) is 5.32 Å². The summed E-state index contributed by atoms with van der Waals surface area (Å²) in [7, 11) is 3.87. The molecule has 0 radical (unpaired) electrons. The summed E-state index contributed by atoms with van der Waals surface area (Å²) in [6.45, 7) is 0. The largest absolute Gasteiger partial charge is 0.481 e. The molecule has 1 N–H and O–H groups in total. The SMILES string of the molecule is CN(C)c1cccc(OC2CCC(=O)NC2=O)c1. The molecular formula is C13H16N2O3. The van der Waals surface area contributed by atoms with Gasteiger partial charge in [0, 0.05) is 38.7 Å². The Hall–Kier alpha value is -2.04. The summed E-state index contributed by atoms with van der Waals surface area (Å²) in [4.78, 5) is 24.5. The highest BCUT2D eigenvalue weighted by Gasteiger charge is 2.28. The molecule has 0 spiro atoms. The van der Waals surface area contributed by atoms with Crippen molar-refractivity contribution in [2.24, 2.45) is 0 Å². The van der Waals surface area contributed by atoms with Gasteiger partial charge in [-0.2, -0.15) is 0 Å². The fraction of sp³-hybridized carbons (Fsp3) is 0.385. The summed E-state index contributed by atoms with van der Waals surface area (Å²) in [6.07, 6.45) is 0.167. The number of hydrogen-bond donors (Lipinski definition) is 1. The van der Waals surface area contributed by atoms with E-state index in [-0.39, 0.29) is 11.8 Å². The van der Waals surface area contributed by atoms with E-state index in [9.17, 15) is 9.59 Å². The number of nitrogens with zero attached hydrogens (tertiary/aromatic N) is 1. The molecule has 1 atom stereocenters. The Kier molecular flexibility index (Phi) is 3.50. The quantitative estimate of drug-likeness (QED) is 0.809. The molecule has 1 saturated heterocycles. The van der Waals surface area contributed by atoms with Crippen molar-refractivity contribution in [1.29, 1.82) is 0 Å². The summed E-state index contributed by atoms with van der Waals surface area (Å²) in [5.41, 5.74) is 1.000. The molecule has 1 aromatic rings. The predicted molar refractivity (Wildman–Crippen MR) is 67.6 cm³/mol. The van der Waals surface area contributed by atoms with E-state index >= 15 is 0 Å². The van der Waals surface area contributed by atoms with Crippen molar-refractivity contribution in [3.05, 3.63) is 24.3 Å². The summed E-state index contributed by atoms with van der Waals surface area (Å²) >= 11 is 0. The van der Waals surface area contributed by atoms with Gasteiger partial charge in [0.1, 0.15) is 5.75 Å². The molecule has 1 aromatic carbocycles. The Morgan fingerprint density at radius 3 is 2.78 bits per heavy atom. The van der Waals surface area contributed by atoms with E-state index in [1.807, 2.05) is 37.2 Å². The summed E-state index contributed by atoms with van der Waals surface area (Å²) in [6, 6.07) is 7.49. The minimum Gasteiger partial charge on any atom is -0.481 e. The number of benzene rings is 1. The van der Waals surface area contributed by atoms with Gasteiger partial charge in [0.15, 0.2) is 6.10 Å². The molecule has 2 rings (SSSR count). The van der Waals surface area contributed by atoms with Crippen molar-refractivity contribution >= 4 is 17.5 Å². The van der Waals surface area contributed by atoms with Crippen LogP contribution in [0.2, 0.25) is 0 Å². The fourth-order valence-electron chi connectivity index (χ4n) is 1.79. The number of hydrogen-bond acceptors (Lipinski definition) is 4. The highest BCUT2D eigenvalue weighted by atomic mass is 16.5. The molecule has 1 fully saturated rings. The Morgan fingerprint density at radius 2 is 2.11 bits per heavy atom. The van der Waals surface area contributed by atoms with Crippen molar-refractivity contribution in [3.63, 3.8) is 0 Å². The Bertz CT molecular complexity index is 471. The number of rotatable bonds is 3. The summed E-state index contributed by atoms with van der Waals surface area (Å²) in [5.74, 6) is 0.0408. The van der Waals surface area contributed by atoms with Crippen LogP contribution in [0.3, 0.4) is 0 Å². The van der Waals surface area contributed by atoms with Crippen molar-refractivity contribution < 1.29 is 14.3 Å². The van der Waals surface area contributed by atoms with E-state index in [1.54, 1.807) is 6.07 Å². The van der Waals surface area contributed by atoms with Gasteiger partial charge in [0.25, 0.3) is 5.91 Å². The van der Waals surface area contributed by atoms with E-state index < -0.39 is 6.10 Å². The monoisotopic (exact) mass is 248 g/mol. The first-order valence-corrected chi connectivity index (χ1v) is 5.84. The van der Waals surface area contributed by atoms with Gasteiger partial charge >= 0.3 is 0 Å². The lowest BCUT2D eigenvalue weighted by Gasteiger charge is -2.22. The molecule has 1 aliphatic rings. The van der Waals surface area contributed by atoms with E-state index in [0.717, 1.165) is 5.69 Å². The van der Waals surface area contributed by atoms with Gasteiger partial charge in [-0.15, -0.1) is 0 Å². The molecule has 0 saturated carbocycles. The first kappa shape index (κ1) is 12.4. The molecule has 1 heterocycles. The third-order valence-electron chi connectivity index (χ3n) is 2.80. The fourth-order valence-corrected chi connectivity index (χ4v) is 1.79. The number of ether oxygens (including phenoxy) is 1. The molecule has 0 aromatic heterocycles. The van der Waals surface area contributed by atoms with Crippen LogP contribution in [0.4, 0.5) is 5.69 Å². The van der Waals surface area contributed by atoms with Crippen LogP contribution in [0, 0.1) is 0 Å². The van der Waals surface area contributed by atoms with Gasteiger partial charge in [-0.3, -0.25) is 14.9 Å². The van der Waals surface area contributed by atoms with Crippen molar-refractivity contribution in [1.82, 2.24) is 5.32 Å². The van der Waals surface area contributed by atoms with Crippen molar-refractivity contribution in [2.45, 2.75) is 18.9 Å². The molecule has 18 heavy (non-hydrogen) atoms. The van der Waals surface area contributed by atoms with Gasteiger partial charge in [-0.05, 0) is 12.1 Å². The maximum Gasteiger partial charge on any atom is 0.267 e. The standard InChI is InChI=1S/C13H16N2O3/c1-15(2)9-4-3-5-10(8-9)18-11-6-7-12(16)14-13(11)17/h3-5,8,11H,6-7H2,1-2H3,(H,14,16,17). The molecule has 1 aliphatic heterocycles. The lowest BCUT2D eigenvalue weighted by Crippen LogP contribution is -2.46. The zero-order chi connectivity index (χ0) is 13.1. The topological polar surface area (TPSA) is 58.6 Å². The van der Waals surface area contributed by atoms with Crippen molar-refractivity contribution in [3.8, 4) is 5.75 Å². The Morgan fingerprint density at radius 1 is 1.33 bits per heavy atom. The van der Waals surface area contributed by atoms with Crippen LogP contribution >= 0.6 is 0 Å². The summed E-state index contributed by atoms with van der Waals surface area (Å²) in [5, 5.41) is 2.27. The van der Waals surface area contributed by atoms with Crippen LogP contribution < -0.4 is 15.0 Å². The molecular weight excluding hydrogens is 232 g/mol. The minimum absolute atomic E-state index is 0.234. The lowest BCUT2D eigenvalue weighted by atomic mass is 10.1. The van der Waals surface area contributed by atoms with Crippen LogP contribution in [-0.2, 0) is 9.59 Å². The van der Waals surface area contributed by atoms with Crippen LogP contribution in [0.5, 0.6) is 5.75 Å². The number of imide groups is 1. The number of amides is 2. The molecule has 0 bridgehead atoms. The highest BCUT2D eigenvalue weighted by Crippen LogP contribution is 2.22. The maximum atomic E-state index is 11.6. The van der Waals surface area contributed by atoms with Gasteiger partial charge in [-0.1, -0.05) is 6.07 Å². The zero-order valence-electron chi connectivity index (χ0n) is 10.5.